The van der Waals surface area contributed by atoms with Crippen molar-refractivity contribution >= 4 is 23.6 Å². The van der Waals surface area contributed by atoms with Gasteiger partial charge in [0.25, 0.3) is 0 Å². The summed E-state index contributed by atoms with van der Waals surface area (Å²) in [6, 6.07) is 17.6. The molecule has 0 atom stereocenters. The number of nitrogens with zero attached hydrogens (tertiary/aromatic N) is 2. The first kappa shape index (κ1) is 21.4. The van der Waals surface area contributed by atoms with Gasteiger partial charge in [0.05, 0.1) is 7.11 Å². The van der Waals surface area contributed by atoms with E-state index in [0.717, 1.165) is 43.2 Å². The van der Waals surface area contributed by atoms with Gasteiger partial charge in [0.2, 0.25) is 5.91 Å². The van der Waals surface area contributed by atoms with Crippen LogP contribution in [-0.4, -0.2) is 68.3 Å². The molecule has 0 radical (unpaired) electrons. The molecule has 2 N–H and O–H groups in total. The van der Waals surface area contributed by atoms with E-state index in [1.807, 2.05) is 54.6 Å². The molecule has 7 nitrogen and oxygen atoms in total. The number of amides is 1. The zero-order chi connectivity index (χ0) is 21.3. The molecule has 0 aromatic heterocycles. The number of aliphatic carboxylic acids is 1. The Bertz CT molecular complexity index is 890. The minimum absolute atomic E-state index is 0.350. The van der Waals surface area contributed by atoms with Crippen molar-refractivity contribution in [1.29, 1.82) is 0 Å². The number of anilines is 1. The summed E-state index contributed by atoms with van der Waals surface area (Å²) in [5.74, 6) is -0.580. The molecule has 1 saturated heterocycles. The van der Waals surface area contributed by atoms with Gasteiger partial charge < -0.3 is 20.1 Å². The number of carbonyl (C=O) groups is 2. The Morgan fingerprint density at radius 3 is 2.47 bits per heavy atom. The van der Waals surface area contributed by atoms with E-state index in [4.69, 9.17) is 9.84 Å². The number of methoxy groups -OCH3 is 1. The van der Waals surface area contributed by atoms with Crippen LogP contribution in [0.3, 0.4) is 0 Å². The van der Waals surface area contributed by atoms with Gasteiger partial charge in [0, 0.05) is 50.1 Å². The van der Waals surface area contributed by atoms with Crippen LogP contribution >= 0.6 is 0 Å². The molecule has 2 aromatic rings. The highest BCUT2D eigenvalue weighted by Crippen LogP contribution is 2.22. The van der Waals surface area contributed by atoms with Crippen molar-refractivity contribution in [3.05, 3.63) is 65.7 Å². The number of rotatable bonds is 8. The van der Waals surface area contributed by atoms with Gasteiger partial charge in [0.1, 0.15) is 12.3 Å². The standard InChI is InChI=1S/C23H27N3O4/c1-30-21-9-5-8-20(15-21)26-12-10-25(11-13-26)17-19(23(29)24-16-22(27)28)14-18-6-3-2-4-7-18/h2-9,14-15H,10-13,16-17H2,1H3,(H,24,29)(H,27,28)/b19-14+. The molecule has 30 heavy (non-hydrogen) atoms. The summed E-state index contributed by atoms with van der Waals surface area (Å²) in [6.07, 6.45) is 1.83. The van der Waals surface area contributed by atoms with Crippen molar-refractivity contribution in [3.8, 4) is 5.75 Å². The summed E-state index contributed by atoms with van der Waals surface area (Å²) >= 11 is 0. The van der Waals surface area contributed by atoms with E-state index in [2.05, 4.69) is 21.2 Å². The van der Waals surface area contributed by atoms with E-state index in [1.165, 1.54) is 0 Å². The number of nitrogens with one attached hydrogen (secondary N) is 1. The molecule has 158 valence electrons. The van der Waals surface area contributed by atoms with Gasteiger partial charge in [-0.05, 0) is 23.8 Å². The molecule has 7 heteroatoms. The number of hydrogen-bond donors (Lipinski definition) is 2. The number of hydrogen-bond acceptors (Lipinski definition) is 5. The fraction of sp³-hybridized carbons (Fsp3) is 0.304. The molecule has 0 unspecified atom stereocenters. The van der Waals surface area contributed by atoms with Crippen LogP contribution in [-0.2, 0) is 9.59 Å². The predicted octanol–water partition coefficient (Wildman–Crippen LogP) is 2.10. The molecule has 3 rings (SSSR count). The number of piperazine rings is 1. The molecule has 2 aromatic carbocycles. The summed E-state index contributed by atoms with van der Waals surface area (Å²) in [5.41, 5.74) is 2.58. The number of carboxylic acids is 1. The predicted molar refractivity (Wildman–Crippen MR) is 117 cm³/mol. The van der Waals surface area contributed by atoms with E-state index in [9.17, 15) is 9.59 Å². The van der Waals surface area contributed by atoms with Crippen LogP contribution in [0.5, 0.6) is 5.75 Å². The summed E-state index contributed by atoms with van der Waals surface area (Å²) in [5, 5.41) is 11.4. The zero-order valence-electron chi connectivity index (χ0n) is 17.1. The van der Waals surface area contributed by atoms with Gasteiger partial charge in [-0.2, -0.15) is 0 Å². The molecule has 1 fully saturated rings. The van der Waals surface area contributed by atoms with Gasteiger partial charge in [0.15, 0.2) is 0 Å². The van der Waals surface area contributed by atoms with Crippen LogP contribution in [0.25, 0.3) is 6.08 Å². The third kappa shape index (κ3) is 6.09. The fourth-order valence-electron chi connectivity index (χ4n) is 3.42. The van der Waals surface area contributed by atoms with Crippen molar-refractivity contribution in [2.45, 2.75) is 0 Å². The molecule has 1 amide bonds. The minimum Gasteiger partial charge on any atom is -0.497 e. The Kier molecular flexibility index (Phi) is 7.45. The molecular weight excluding hydrogens is 382 g/mol. The van der Waals surface area contributed by atoms with Crippen LogP contribution in [0.4, 0.5) is 5.69 Å². The summed E-state index contributed by atoms with van der Waals surface area (Å²) in [6.45, 7) is 3.34. The van der Waals surface area contributed by atoms with E-state index >= 15 is 0 Å². The number of carboxylic acid groups (broad SMARTS) is 1. The quantitative estimate of drug-likeness (QED) is 0.650. The Morgan fingerprint density at radius 2 is 1.80 bits per heavy atom. The van der Waals surface area contributed by atoms with Gasteiger partial charge in [-0.3, -0.25) is 14.5 Å². The van der Waals surface area contributed by atoms with Gasteiger partial charge >= 0.3 is 5.97 Å². The smallest absolute Gasteiger partial charge is 0.322 e. The summed E-state index contributed by atoms with van der Waals surface area (Å²) in [7, 11) is 1.66. The number of ether oxygens (including phenoxy) is 1. The lowest BCUT2D eigenvalue weighted by Crippen LogP contribution is -2.48. The summed E-state index contributed by atoms with van der Waals surface area (Å²) < 4.78 is 5.31. The zero-order valence-corrected chi connectivity index (χ0v) is 17.1. The highest BCUT2D eigenvalue weighted by Gasteiger charge is 2.21. The molecule has 1 aliphatic rings. The Labute approximate surface area is 176 Å². The lowest BCUT2D eigenvalue weighted by atomic mass is 10.1. The first-order chi connectivity index (χ1) is 14.5. The van der Waals surface area contributed by atoms with E-state index in [0.29, 0.717) is 12.1 Å². The van der Waals surface area contributed by atoms with Crippen LogP contribution in [0.1, 0.15) is 5.56 Å². The molecule has 0 spiro atoms. The maximum atomic E-state index is 12.6. The Morgan fingerprint density at radius 1 is 1.07 bits per heavy atom. The second-order valence-electron chi connectivity index (χ2n) is 7.12. The highest BCUT2D eigenvalue weighted by molar-refractivity contribution is 5.99. The SMILES string of the molecule is COc1cccc(N2CCN(C/C(=C\c3ccccc3)C(=O)NCC(=O)O)CC2)c1. The van der Waals surface area contributed by atoms with Crippen LogP contribution in [0.15, 0.2) is 60.2 Å². The minimum atomic E-state index is -1.06. The van der Waals surface area contributed by atoms with E-state index < -0.39 is 12.5 Å². The maximum Gasteiger partial charge on any atom is 0.322 e. The number of carbonyl (C=O) groups excluding carboxylic acids is 1. The average molecular weight is 409 g/mol. The van der Waals surface area contributed by atoms with Crippen molar-refractivity contribution < 1.29 is 19.4 Å². The number of benzene rings is 2. The second kappa shape index (κ2) is 10.5. The maximum absolute atomic E-state index is 12.6. The van der Waals surface area contributed by atoms with Crippen LogP contribution in [0.2, 0.25) is 0 Å². The van der Waals surface area contributed by atoms with E-state index in [1.54, 1.807) is 7.11 Å². The molecule has 0 bridgehead atoms. The Hall–Kier alpha value is -3.32. The first-order valence-corrected chi connectivity index (χ1v) is 9.92. The normalized spacial score (nSPS) is 15.0. The lowest BCUT2D eigenvalue weighted by Gasteiger charge is -2.36. The molecule has 1 aliphatic heterocycles. The van der Waals surface area contributed by atoms with Crippen molar-refractivity contribution in [3.63, 3.8) is 0 Å². The molecule has 0 saturated carbocycles. The lowest BCUT2D eigenvalue weighted by molar-refractivity contribution is -0.137. The fourth-order valence-corrected chi connectivity index (χ4v) is 3.42. The average Bonchev–Trinajstić information content (AvgIpc) is 2.78. The third-order valence-corrected chi connectivity index (χ3v) is 5.02. The van der Waals surface area contributed by atoms with Crippen molar-refractivity contribution in [2.75, 3.05) is 51.3 Å². The van der Waals surface area contributed by atoms with Crippen LogP contribution in [0, 0.1) is 0 Å². The van der Waals surface area contributed by atoms with Gasteiger partial charge in [-0.25, -0.2) is 0 Å². The van der Waals surface area contributed by atoms with Crippen molar-refractivity contribution in [2.24, 2.45) is 0 Å². The summed E-state index contributed by atoms with van der Waals surface area (Å²) in [4.78, 5) is 27.9. The first-order valence-electron chi connectivity index (χ1n) is 9.92. The van der Waals surface area contributed by atoms with Gasteiger partial charge in [-0.1, -0.05) is 36.4 Å². The van der Waals surface area contributed by atoms with Gasteiger partial charge in [-0.15, -0.1) is 0 Å². The van der Waals surface area contributed by atoms with E-state index in [-0.39, 0.29) is 5.91 Å². The largest absolute Gasteiger partial charge is 0.497 e. The third-order valence-electron chi connectivity index (χ3n) is 5.02. The second-order valence-corrected chi connectivity index (χ2v) is 7.12. The topological polar surface area (TPSA) is 82.1 Å². The Balaban J connectivity index is 1.65. The molecular formula is C23H27N3O4. The van der Waals surface area contributed by atoms with Crippen molar-refractivity contribution in [1.82, 2.24) is 10.2 Å². The highest BCUT2D eigenvalue weighted by atomic mass is 16.5. The molecule has 0 aliphatic carbocycles. The van der Waals surface area contributed by atoms with Crippen LogP contribution < -0.4 is 15.0 Å². The monoisotopic (exact) mass is 409 g/mol. The molecule has 1 heterocycles.